The highest BCUT2D eigenvalue weighted by Crippen LogP contribution is 2.19. The quantitative estimate of drug-likeness (QED) is 0.814. The minimum atomic E-state index is -4.21. The van der Waals surface area contributed by atoms with E-state index in [1.165, 1.54) is 7.05 Å². The first-order chi connectivity index (χ1) is 8.38. The molecule has 0 aliphatic carbocycles. The van der Waals surface area contributed by atoms with Crippen LogP contribution in [0.3, 0.4) is 0 Å². The van der Waals surface area contributed by atoms with Crippen molar-refractivity contribution in [2.45, 2.75) is 19.0 Å². The average Bonchev–Trinajstić information content (AvgIpc) is 2.53. The van der Waals surface area contributed by atoms with Crippen LogP contribution in [0.2, 0.25) is 0 Å². The van der Waals surface area contributed by atoms with E-state index in [4.69, 9.17) is 0 Å². The van der Waals surface area contributed by atoms with Crippen LogP contribution < -0.4 is 5.32 Å². The summed E-state index contributed by atoms with van der Waals surface area (Å²) < 4.78 is 36.1. The van der Waals surface area contributed by atoms with E-state index in [1.54, 1.807) is 0 Å². The van der Waals surface area contributed by atoms with Gasteiger partial charge in [-0.15, -0.1) is 0 Å². The molecule has 1 aliphatic heterocycles. The number of hydrogen-bond acceptors (Lipinski definition) is 3. The fourth-order valence-electron chi connectivity index (χ4n) is 1.79. The third kappa shape index (κ3) is 6.20. The first-order valence-electron chi connectivity index (χ1n) is 6.12. The van der Waals surface area contributed by atoms with E-state index >= 15 is 0 Å². The summed E-state index contributed by atoms with van der Waals surface area (Å²) >= 11 is 0. The molecule has 0 spiro atoms. The van der Waals surface area contributed by atoms with E-state index in [-0.39, 0.29) is 19.0 Å². The molecule has 1 heterocycles. The summed E-state index contributed by atoms with van der Waals surface area (Å²) in [6.45, 7) is 3.25. The van der Waals surface area contributed by atoms with Gasteiger partial charge in [0.1, 0.15) is 0 Å². The molecule has 1 N–H and O–H groups in total. The van der Waals surface area contributed by atoms with Crippen LogP contribution in [0.4, 0.5) is 13.2 Å². The predicted molar refractivity (Wildman–Crippen MR) is 62.2 cm³/mol. The molecule has 4 nitrogen and oxygen atoms in total. The van der Waals surface area contributed by atoms with E-state index < -0.39 is 12.6 Å². The summed E-state index contributed by atoms with van der Waals surface area (Å²) in [5.41, 5.74) is 0. The lowest BCUT2D eigenvalue weighted by Gasteiger charge is -2.23. The molecule has 7 heteroatoms. The summed E-state index contributed by atoms with van der Waals surface area (Å²) in [4.78, 5) is 14.9. The Morgan fingerprint density at radius 1 is 1.33 bits per heavy atom. The van der Waals surface area contributed by atoms with Crippen molar-refractivity contribution in [3.05, 3.63) is 0 Å². The van der Waals surface area contributed by atoms with Crippen LogP contribution in [0.25, 0.3) is 0 Å². The lowest BCUT2D eigenvalue weighted by molar-refractivity contribution is -0.144. The molecule has 0 saturated carbocycles. The van der Waals surface area contributed by atoms with Crippen LogP contribution in [0, 0.1) is 0 Å². The lowest BCUT2D eigenvalue weighted by Crippen LogP contribution is -2.40. The van der Waals surface area contributed by atoms with Crippen molar-refractivity contribution >= 4 is 5.91 Å². The molecule has 106 valence electrons. The summed E-state index contributed by atoms with van der Waals surface area (Å²) in [7, 11) is 1.42. The van der Waals surface area contributed by atoms with Gasteiger partial charge in [-0.3, -0.25) is 9.69 Å². The molecule has 0 radical (unpaired) electrons. The maximum absolute atomic E-state index is 12.0. The van der Waals surface area contributed by atoms with Gasteiger partial charge < -0.3 is 10.2 Å². The second kappa shape index (κ2) is 6.94. The number of likely N-dealkylation sites (N-methyl/N-ethyl adjacent to an activating group) is 1. The minimum absolute atomic E-state index is 0.204. The van der Waals surface area contributed by atoms with Crippen molar-refractivity contribution in [1.29, 1.82) is 0 Å². The summed E-state index contributed by atoms with van der Waals surface area (Å²) in [5, 5.41) is 3.21. The molecule has 1 fully saturated rings. The Bertz CT molecular complexity index is 263. The zero-order valence-electron chi connectivity index (χ0n) is 10.6. The Kier molecular flexibility index (Phi) is 5.87. The first-order valence-corrected chi connectivity index (χ1v) is 6.12. The zero-order chi connectivity index (χ0) is 13.6. The van der Waals surface area contributed by atoms with Gasteiger partial charge >= 0.3 is 6.18 Å². The minimum Gasteiger partial charge on any atom is -0.344 e. The van der Waals surface area contributed by atoms with Gasteiger partial charge in [0.15, 0.2) is 0 Å². The molecule has 1 saturated heterocycles. The fraction of sp³-hybridized carbons (Fsp3) is 0.909. The topological polar surface area (TPSA) is 35.6 Å². The van der Waals surface area contributed by atoms with Crippen molar-refractivity contribution in [1.82, 2.24) is 15.1 Å². The molecule has 0 aromatic rings. The fourth-order valence-corrected chi connectivity index (χ4v) is 1.79. The second-order valence-corrected chi connectivity index (χ2v) is 4.56. The van der Waals surface area contributed by atoms with Gasteiger partial charge in [0.2, 0.25) is 5.91 Å². The highest BCUT2D eigenvalue weighted by atomic mass is 19.4. The van der Waals surface area contributed by atoms with Crippen molar-refractivity contribution < 1.29 is 18.0 Å². The number of amides is 1. The van der Waals surface area contributed by atoms with Crippen LogP contribution in [-0.2, 0) is 4.79 Å². The molecule has 0 aromatic heterocycles. The van der Waals surface area contributed by atoms with E-state index in [0.29, 0.717) is 0 Å². The molecule has 1 rings (SSSR count). The Hall–Kier alpha value is -0.820. The molecule has 0 unspecified atom stereocenters. The number of carbonyl (C=O) groups is 1. The molecule has 0 aromatic carbocycles. The van der Waals surface area contributed by atoms with Crippen LogP contribution >= 0.6 is 0 Å². The molecular weight excluding hydrogens is 247 g/mol. The van der Waals surface area contributed by atoms with Gasteiger partial charge in [0.25, 0.3) is 0 Å². The highest BCUT2D eigenvalue weighted by Gasteiger charge is 2.28. The third-order valence-corrected chi connectivity index (χ3v) is 2.95. The van der Waals surface area contributed by atoms with Crippen LogP contribution in [0.5, 0.6) is 0 Å². The highest BCUT2D eigenvalue weighted by molar-refractivity contribution is 5.77. The zero-order valence-corrected chi connectivity index (χ0v) is 10.6. The lowest BCUT2D eigenvalue weighted by atomic mass is 10.3. The monoisotopic (exact) mass is 267 g/mol. The standard InChI is InChI=1S/C11H20F3N3O/c1-16(7-3-11(12,13)14)10(18)9-17-6-2-4-15-5-8-17/h15H,2-9H2,1H3. The van der Waals surface area contributed by atoms with Gasteiger partial charge in [-0.25, -0.2) is 0 Å². The average molecular weight is 267 g/mol. The number of halogens is 3. The van der Waals surface area contributed by atoms with E-state index in [1.807, 2.05) is 4.90 Å². The van der Waals surface area contributed by atoms with Crippen LogP contribution in [-0.4, -0.2) is 68.2 Å². The van der Waals surface area contributed by atoms with Gasteiger partial charge in [-0.2, -0.15) is 13.2 Å². The van der Waals surface area contributed by atoms with E-state index in [0.717, 1.165) is 37.5 Å². The first kappa shape index (κ1) is 15.2. The number of nitrogens with one attached hydrogen (secondary N) is 1. The van der Waals surface area contributed by atoms with Gasteiger partial charge in [0.05, 0.1) is 13.0 Å². The van der Waals surface area contributed by atoms with Crippen molar-refractivity contribution in [3.8, 4) is 0 Å². The Balaban J connectivity index is 2.30. The van der Waals surface area contributed by atoms with E-state index in [9.17, 15) is 18.0 Å². The molecule has 0 bridgehead atoms. The third-order valence-electron chi connectivity index (χ3n) is 2.95. The summed E-state index contributed by atoms with van der Waals surface area (Å²) in [6, 6.07) is 0. The molecule has 1 aliphatic rings. The van der Waals surface area contributed by atoms with Crippen molar-refractivity contribution in [2.24, 2.45) is 0 Å². The van der Waals surface area contributed by atoms with Gasteiger partial charge in [0, 0.05) is 26.7 Å². The van der Waals surface area contributed by atoms with Crippen LogP contribution in [0.1, 0.15) is 12.8 Å². The van der Waals surface area contributed by atoms with Gasteiger partial charge in [-0.05, 0) is 19.5 Å². The predicted octanol–water partition coefficient (Wildman–Crippen LogP) is 0.693. The van der Waals surface area contributed by atoms with Crippen molar-refractivity contribution in [2.75, 3.05) is 46.3 Å². The van der Waals surface area contributed by atoms with E-state index in [2.05, 4.69) is 5.32 Å². The molecule has 0 atom stereocenters. The van der Waals surface area contributed by atoms with Crippen LogP contribution in [0.15, 0.2) is 0 Å². The largest absolute Gasteiger partial charge is 0.390 e. The Morgan fingerprint density at radius 3 is 2.72 bits per heavy atom. The maximum Gasteiger partial charge on any atom is 0.390 e. The van der Waals surface area contributed by atoms with Crippen molar-refractivity contribution in [3.63, 3.8) is 0 Å². The molecular formula is C11H20F3N3O. The maximum atomic E-state index is 12.0. The number of carbonyl (C=O) groups excluding carboxylic acids is 1. The molecule has 18 heavy (non-hydrogen) atoms. The summed E-state index contributed by atoms with van der Waals surface area (Å²) in [6.07, 6.45) is -4.20. The normalized spacial score (nSPS) is 18.4. The number of hydrogen-bond donors (Lipinski definition) is 1. The SMILES string of the molecule is CN(CCC(F)(F)F)C(=O)CN1CCCNCC1. The Labute approximate surface area is 105 Å². The smallest absolute Gasteiger partial charge is 0.344 e. The number of nitrogens with zero attached hydrogens (tertiary/aromatic N) is 2. The molecule has 1 amide bonds. The number of rotatable bonds is 4. The summed E-state index contributed by atoms with van der Waals surface area (Å²) in [5.74, 6) is -0.249. The second-order valence-electron chi connectivity index (χ2n) is 4.56. The van der Waals surface area contributed by atoms with Gasteiger partial charge in [-0.1, -0.05) is 0 Å². The number of alkyl halides is 3. The Morgan fingerprint density at radius 2 is 2.06 bits per heavy atom.